The molecule has 3 rings (SSSR count). The minimum atomic E-state index is -0.164. The quantitative estimate of drug-likeness (QED) is 0.334. The van der Waals surface area contributed by atoms with Crippen molar-refractivity contribution in [1.29, 1.82) is 0 Å². The Morgan fingerprint density at radius 2 is 1.12 bits per heavy atom. The number of rotatable bonds is 5. The van der Waals surface area contributed by atoms with E-state index in [-0.39, 0.29) is 16.7 Å². The molecule has 0 radical (unpaired) electrons. The third-order valence-corrected chi connectivity index (χ3v) is 7.70. The van der Waals surface area contributed by atoms with Gasteiger partial charge in [-0.2, -0.15) is 0 Å². The number of aryl methyl sites for hydroxylation is 4. The molecule has 0 atom stereocenters. The lowest BCUT2D eigenvalue weighted by atomic mass is 9.70. The Morgan fingerprint density at radius 3 is 1.41 bits per heavy atom. The van der Waals surface area contributed by atoms with Gasteiger partial charge in [0, 0.05) is 16.0 Å². The fraction of sp³-hybridized carbons (Fsp3) is 0.448. The lowest BCUT2D eigenvalue weighted by Gasteiger charge is -2.35. The second-order valence-electron chi connectivity index (χ2n) is 11.4. The van der Waals surface area contributed by atoms with Crippen LogP contribution >= 0.6 is 35.1 Å². The number of thiophene rings is 1. The van der Waals surface area contributed by atoms with Crippen molar-refractivity contribution in [2.45, 2.75) is 86.0 Å². The van der Waals surface area contributed by atoms with E-state index >= 15 is 0 Å². The van der Waals surface area contributed by atoms with Crippen molar-refractivity contribution >= 4 is 35.1 Å². The lowest BCUT2D eigenvalue weighted by molar-refractivity contribution is 0.536. The van der Waals surface area contributed by atoms with Gasteiger partial charge in [0.15, 0.2) is 11.5 Å². The van der Waals surface area contributed by atoms with Gasteiger partial charge in [0.2, 0.25) is 0 Å². The molecular weight excluding hydrogens is 483 g/mol. The van der Waals surface area contributed by atoms with E-state index in [1.807, 2.05) is 0 Å². The zero-order chi connectivity index (χ0) is 25.6. The predicted octanol–water partition coefficient (Wildman–Crippen LogP) is 9.82. The van der Waals surface area contributed by atoms with E-state index in [9.17, 15) is 0 Å². The van der Waals surface area contributed by atoms with Gasteiger partial charge >= 0.3 is 0 Å². The molecule has 0 saturated heterocycles. The summed E-state index contributed by atoms with van der Waals surface area (Å²) in [5.74, 6) is 1.24. The molecule has 0 fully saturated rings. The van der Waals surface area contributed by atoms with Gasteiger partial charge in [0.05, 0.1) is 5.92 Å². The molecule has 184 valence electrons. The summed E-state index contributed by atoms with van der Waals surface area (Å²) in [4.78, 5) is 1.19. The standard InChI is InChI=1S/C29H36Cl2O2S/c1-16-14-18(3)26(32-30)22(24(16)28(5,6)7)21(20-12-11-13-34-20)23-25(29(8,9)10)17(2)15-19(4)27(23)33-31/h11-15,21H,1-10H3. The highest BCUT2D eigenvalue weighted by atomic mass is 35.5. The molecule has 0 bridgehead atoms. The van der Waals surface area contributed by atoms with E-state index in [1.165, 1.54) is 27.1 Å². The van der Waals surface area contributed by atoms with Crippen molar-refractivity contribution in [1.82, 2.24) is 0 Å². The van der Waals surface area contributed by atoms with Gasteiger partial charge in [-0.05, 0) is 83.4 Å². The van der Waals surface area contributed by atoms with Crippen molar-refractivity contribution in [3.8, 4) is 11.5 Å². The van der Waals surface area contributed by atoms with Gasteiger partial charge in [-0.25, -0.2) is 0 Å². The Balaban J connectivity index is 2.65. The van der Waals surface area contributed by atoms with Crippen molar-refractivity contribution in [2.75, 3.05) is 0 Å². The van der Waals surface area contributed by atoms with Crippen LogP contribution in [0.2, 0.25) is 0 Å². The SMILES string of the molecule is Cc1cc(C)c(C(C)(C)C)c(C(c2cccs2)c2c(OCl)c(C)cc(C)c2C(C)(C)C)c1OCl. The summed E-state index contributed by atoms with van der Waals surface area (Å²) >= 11 is 14.2. The average Bonchev–Trinajstić information content (AvgIpc) is 3.20. The van der Waals surface area contributed by atoms with E-state index in [1.54, 1.807) is 11.3 Å². The topological polar surface area (TPSA) is 18.5 Å². The van der Waals surface area contributed by atoms with Crippen LogP contribution in [0.1, 0.15) is 96.8 Å². The van der Waals surface area contributed by atoms with Crippen LogP contribution in [-0.4, -0.2) is 0 Å². The molecule has 0 aliphatic carbocycles. The summed E-state index contributed by atoms with van der Waals surface area (Å²) < 4.78 is 11.3. The molecule has 2 aromatic carbocycles. The summed E-state index contributed by atoms with van der Waals surface area (Å²) in [5, 5.41) is 2.11. The molecule has 0 saturated carbocycles. The molecule has 5 heteroatoms. The predicted molar refractivity (Wildman–Crippen MR) is 147 cm³/mol. The molecule has 1 heterocycles. The first kappa shape index (κ1) is 26.9. The zero-order valence-corrected chi connectivity index (χ0v) is 24.3. The van der Waals surface area contributed by atoms with E-state index in [2.05, 4.69) is 98.9 Å². The normalized spacial score (nSPS) is 12.4. The van der Waals surface area contributed by atoms with E-state index in [0.29, 0.717) is 11.5 Å². The van der Waals surface area contributed by atoms with Gasteiger partial charge < -0.3 is 8.58 Å². The van der Waals surface area contributed by atoms with E-state index < -0.39 is 0 Å². The molecular formula is C29H36Cl2O2S. The van der Waals surface area contributed by atoms with Crippen molar-refractivity contribution in [3.05, 3.63) is 79.0 Å². The molecule has 0 unspecified atom stereocenters. The van der Waals surface area contributed by atoms with Gasteiger partial charge in [0.1, 0.15) is 23.7 Å². The smallest absolute Gasteiger partial charge is 0.153 e. The van der Waals surface area contributed by atoms with E-state index in [0.717, 1.165) is 22.3 Å². The second kappa shape index (κ2) is 9.76. The highest BCUT2D eigenvalue weighted by Gasteiger charge is 2.37. The maximum atomic E-state index is 6.22. The van der Waals surface area contributed by atoms with Gasteiger partial charge in [-0.3, -0.25) is 0 Å². The highest BCUT2D eigenvalue weighted by Crippen LogP contribution is 2.52. The van der Waals surface area contributed by atoms with Crippen LogP contribution in [0.4, 0.5) is 0 Å². The highest BCUT2D eigenvalue weighted by molar-refractivity contribution is 7.10. The first-order valence-corrected chi connectivity index (χ1v) is 13.1. The monoisotopic (exact) mass is 518 g/mol. The Kier molecular flexibility index (Phi) is 7.73. The second-order valence-corrected chi connectivity index (χ2v) is 12.6. The van der Waals surface area contributed by atoms with Crippen LogP contribution in [0.5, 0.6) is 11.5 Å². The summed E-state index contributed by atoms with van der Waals surface area (Å²) in [7, 11) is 0. The molecule has 2 nitrogen and oxygen atoms in total. The van der Waals surface area contributed by atoms with Gasteiger partial charge in [-0.1, -0.05) is 59.7 Å². The lowest BCUT2D eigenvalue weighted by Crippen LogP contribution is -2.24. The van der Waals surface area contributed by atoms with Crippen molar-refractivity contribution in [3.63, 3.8) is 0 Å². The van der Waals surface area contributed by atoms with Crippen LogP contribution in [0.15, 0.2) is 29.6 Å². The summed E-state index contributed by atoms with van der Waals surface area (Å²) in [6, 6.07) is 8.60. The molecule has 0 aliphatic rings. The molecule has 0 spiro atoms. The average molecular weight is 520 g/mol. The van der Waals surface area contributed by atoms with E-state index in [4.69, 9.17) is 32.3 Å². The zero-order valence-electron chi connectivity index (χ0n) is 21.9. The van der Waals surface area contributed by atoms with Crippen molar-refractivity contribution < 1.29 is 8.58 Å². The molecule has 0 N–H and O–H groups in total. The Morgan fingerprint density at radius 1 is 0.706 bits per heavy atom. The van der Waals surface area contributed by atoms with Crippen LogP contribution in [0, 0.1) is 27.7 Å². The molecule has 1 aromatic heterocycles. The first-order chi connectivity index (χ1) is 15.7. The number of halogens is 2. The van der Waals surface area contributed by atoms with Crippen molar-refractivity contribution in [2.24, 2.45) is 0 Å². The summed E-state index contributed by atoms with van der Waals surface area (Å²) in [5.41, 5.74) is 8.77. The Hall–Kier alpha value is -1.68. The number of hydrogen-bond acceptors (Lipinski definition) is 3. The Bertz CT molecular complexity index is 1110. The van der Waals surface area contributed by atoms with Crippen LogP contribution < -0.4 is 8.58 Å². The third-order valence-electron chi connectivity index (χ3n) is 6.46. The minimum absolute atomic E-state index is 0.143. The molecule has 0 aliphatic heterocycles. The summed E-state index contributed by atoms with van der Waals surface area (Å²) in [6.45, 7) is 21.9. The fourth-order valence-electron chi connectivity index (χ4n) is 5.63. The minimum Gasteiger partial charge on any atom is -0.385 e. The fourth-order valence-corrected chi connectivity index (χ4v) is 6.89. The number of hydrogen-bond donors (Lipinski definition) is 0. The first-order valence-electron chi connectivity index (χ1n) is 11.6. The molecule has 0 amide bonds. The summed E-state index contributed by atoms with van der Waals surface area (Å²) in [6.07, 6.45) is 0. The maximum absolute atomic E-state index is 6.22. The Labute approximate surface area is 219 Å². The van der Waals surface area contributed by atoms with Crippen LogP contribution in [0.25, 0.3) is 0 Å². The van der Waals surface area contributed by atoms with Gasteiger partial charge in [0.25, 0.3) is 0 Å². The third kappa shape index (κ3) is 4.85. The molecule has 3 aromatic rings. The molecule has 34 heavy (non-hydrogen) atoms. The van der Waals surface area contributed by atoms with Crippen LogP contribution in [-0.2, 0) is 10.8 Å². The maximum Gasteiger partial charge on any atom is 0.153 e. The largest absolute Gasteiger partial charge is 0.385 e. The number of benzene rings is 2. The van der Waals surface area contributed by atoms with Crippen LogP contribution in [0.3, 0.4) is 0 Å². The van der Waals surface area contributed by atoms with Gasteiger partial charge in [-0.15, -0.1) is 11.3 Å².